The Balaban J connectivity index is 2.32. The number of alkyl carbamates (subject to hydrolysis) is 1. The van der Waals surface area contributed by atoms with Crippen LogP contribution in [0.1, 0.15) is 33.6 Å². The third kappa shape index (κ3) is 5.23. The molecule has 0 saturated heterocycles. The van der Waals surface area contributed by atoms with Gasteiger partial charge in [-0.3, -0.25) is 0 Å². The van der Waals surface area contributed by atoms with E-state index in [-0.39, 0.29) is 12.6 Å². The summed E-state index contributed by atoms with van der Waals surface area (Å²) >= 11 is 0. The smallest absolute Gasteiger partial charge is 0.407 e. The molecule has 1 aliphatic carbocycles. The number of amides is 1. The van der Waals surface area contributed by atoms with Crippen molar-refractivity contribution in [2.24, 2.45) is 5.92 Å². The fourth-order valence-corrected chi connectivity index (χ4v) is 2.14. The van der Waals surface area contributed by atoms with Gasteiger partial charge in [0, 0.05) is 6.04 Å². The van der Waals surface area contributed by atoms with Crippen LogP contribution in [0.25, 0.3) is 0 Å². The van der Waals surface area contributed by atoms with E-state index < -0.39 is 11.7 Å². The van der Waals surface area contributed by atoms with Crippen LogP contribution in [-0.2, 0) is 4.74 Å². The Morgan fingerprint density at radius 1 is 1.50 bits per heavy atom. The van der Waals surface area contributed by atoms with Gasteiger partial charge in [-0.15, -0.1) is 0 Å². The predicted molar refractivity (Wildman–Crippen MR) is 70.4 cm³/mol. The molecule has 5 nitrogen and oxygen atoms in total. The standard InChI is InChI=1S/C13H26N2O3/c1-13(2,3)18-12(17)14-10(8-16)6-9-7-11(9)15(4)5/h9-11,16H,6-8H2,1-5H3,(H,14,17)/t9?,10-,11?/m1/s1. The van der Waals surface area contributed by atoms with Crippen molar-refractivity contribution in [3.63, 3.8) is 0 Å². The van der Waals surface area contributed by atoms with Gasteiger partial charge in [0.1, 0.15) is 5.60 Å². The highest BCUT2D eigenvalue weighted by atomic mass is 16.6. The average molecular weight is 258 g/mol. The molecule has 1 aliphatic rings. The first-order valence-corrected chi connectivity index (χ1v) is 6.49. The van der Waals surface area contributed by atoms with Crippen LogP contribution >= 0.6 is 0 Å². The predicted octanol–water partition coefficient (Wildman–Crippen LogP) is 1.21. The van der Waals surface area contributed by atoms with E-state index in [4.69, 9.17) is 4.74 Å². The summed E-state index contributed by atoms with van der Waals surface area (Å²) in [6.45, 7) is 5.42. The van der Waals surface area contributed by atoms with Crippen LogP contribution in [0.5, 0.6) is 0 Å². The van der Waals surface area contributed by atoms with Gasteiger partial charge in [0.2, 0.25) is 0 Å². The van der Waals surface area contributed by atoms with Crippen LogP contribution in [0.15, 0.2) is 0 Å². The second-order valence-corrected chi connectivity index (χ2v) is 6.29. The first-order chi connectivity index (χ1) is 8.23. The maximum absolute atomic E-state index is 11.6. The lowest BCUT2D eigenvalue weighted by atomic mass is 10.1. The Hall–Kier alpha value is -0.810. The minimum absolute atomic E-state index is 0.0457. The highest BCUT2D eigenvalue weighted by Gasteiger charge is 2.40. The molecule has 106 valence electrons. The molecule has 18 heavy (non-hydrogen) atoms. The summed E-state index contributed by atoms with van der Waals surface area (Å²) in [7, 11) is 4.11. The third-order valence-electron chi connectivity index (χ3n) is 3.08. The minimum atomic E-state index is -0.504. The van der Waals surface area contributed by atoms with E-state index in [1.807, 2.05) is 20.8 Å². The van der Waals surface area contributed by atoms with Crippen molar-refractivity contribution in [2.45, 2.75) is 51.3 Å². The molecule has 0 radical (unpaired) electrons. The molecule has 2 N–H and O–H groups in total. The first-order valence-electron chi connectivity index (χ1n) is 6.49. The fraction of sp³-hybridized carbons (Fsp3) is 0.923. The van der Waals surface area contributed by atoms with E-state index in [2.05, 4.69) is 24.3 Å². The van der Waals surface area contributed by atoms with E-state index in [0.29, 0.717) is 12.0 Å². The van der Waals surface area contributed by atoms with Crippen LogP contribution in [0.4, 0.5) is 4.79 Å². The summed E-state index contributed by atoms with van der Waals surface area (Å²) in [4.78, 5) is 13.8. The van der Waals surface area contributed by atoms with Crippen LogP contribution in [0, 0.1) is 5.92 Å². The number of rotatable bonds is 5. The van der Waals surface area contributed by atoms with E-state index in [0.717, 1.165) is 12.8 Å². The van der Waals surface area contributed by atoms with Gasteiger partial charge in [-0.1, -0.05) is 0 Å². The van der Waals surface area contributed by atoms with Gasteiger partial charge in [-0.2, -0.15) is 0 Å². The van der Waals surface area contributed by atoms with E-state index in [1.54, 1.807) is 0 Å². The van der Waals surface area contributed by atoms with Gasteiger partial charge < -0.3 is 20.1 Å². The van der Waals surface area contributed by atoms with Crippen LogP contribution in [0.2, 0.25) is 0 Å². The lowest BCUT2D eigenvalue weighted by molar-refractivity contribution is 0.0476. The zero-order valence-electron chi connectivity index (χ0n) is 12.1. The number of nitrogens with one attached hydrogen (secondary N) is 1. The molecule has 5 heteroatoms. The number of ether oxygens (including phenoxy) is 1. The molecule has 2 unspecified atom stereocenters. The lowest BCUT2D eigenvalue weighted by Crippen LogP contribution is -2.41. The molecule has 0 bridgehead atoms. The summed E-state index contributed by atoms with van der Waals surface area (Å²) in [6.07, 6.45) is 1.49. The van der Waals surface area contributed by atoms with E-state index in [1.165, 1.54) is 0 Å². The molecule has 0 aromatic carbocycles. The number of hydrogen-bond donors (Lipinski definition) is 2. The zero-order chi connectivity index (χ0) is 13.9. The molecule has 1 rings (SSSR count). The number of carbonyl (C=O) groups excluding carboxylic acids is 1. The highest BCUT2D eigenvalue weighted by Crippen LogP contribution is 2.37. The van der Waals surface area contributed by atoms with Crippen LogP contribution in [0.3, 0.4) is 0 Å². The Kier molecular flexibility index (Phi) is 4.99. The Morgan fingerprint density at radius 2 is 2.11 bits per heavy atom. The Morgan fingerprint density at radius 3 is 2.50 bits per heavy atom. The largest absolute Gasteiger partial charge is 0.444 e. The molecular weight excluding hydrogens is 232 g/mol. The fourth-order valence-electron chi connectivity index (χ4n) is 2.14. The summed E-state index contributed by atoms with van der Waals surface area (Å²) in [6, 6.07) is 0.370. The van der Waals surface area contributed by atoms with Crippen LogP contribution in [-0.4, -0.2) is 54.5 Å². The van der Waals surface area contributed by atoms with Gasteiger partial charge in [-0.25, -0.2) is 4.79 Å². The average Bonchev–Trinajstić information content (AvgIpc) is 2.93. The van der Waals surface area contributed by atoms with E-state index in [9.17, 15) is 9.90 Å². The number of carbonyl (C=O) groups is 1. The SMILES string of the molecule is CN(C)C1CC1C[C@H](CO)NC(=O)OC(C)(C)C. The molecule has 3 atom stereocenters. The quantitative estimate of drug-likeness (QED) is 0.778. The van der Waals surface area contributed by atoms with Gasteiger partial charge >= 0.3 is 6.09 Å². The van der Waals surface area contributed by atoms with Crippen LogP contribution < -0.4 is 5.32 Å². The van der Waals surface area contributed by atoms with Crippen molar-refractivity contribution in [2.75, 3.05) is 20.7 Å². The van der Waals surface area contributed by atoms with Gasteiger partial charge in [0.25, 0.3) is 0 Å². The summed E-state index contributed by atoms with van der Waals surface area (Å²) in [5.41, 5.74) is -0.504. The van der Waals surface area contributed by atoms with Crippen molar-refractivity contribution in [3.05, 3.63) is 0 Å². The number of aliphatic hydroxyl groups excluding tert-OH is 1. The molecule has 0 aromatic rings. The lowest BCUT2D eigenvalue weighted by Gasteiger charge is -2.23. The highest BCUT2D eigenvalue weighted by molar-refractivity contribution is 5.68. The molecule has 0 heterocycles. The maximum Gasteiger partial charge on any atom is 0.407 e. The Labute approximate surface area is 109 Å². The first kappa shape index (κ1) is 15.2. The van der Waals surface area contributed by atoms with Crippen molar-refractivity contribution in [3.8, 4) is 0 Å². The molecule has 0 aliphatic heterocycles. The molecule has 0 spiro atoms. The van der Waals surface area contributed by atoms with Gasteiger partial charge in [-0.05, 0) is 53.6 Å². The van der Waals surface area contributed by atoms with Crippen molar-refractivity contribution >= 4 is 6.09 Å². The third-order valence-corrected chi connectivity index (χ3v) is 3.08. The summed E-state index contributed by atoms with van der Waals surface area (Å²) in [5, 5.41) is 12.0. The maximum atomic E-state index is 11.6. The normalized spacial score (nSPS) is 24.8. The zero-order valence-corrected chi connectivity index (χ0v) is 12.1. The molecular formula is C13H26N2O3. The number of nitrogens with zero attached hydrogens (tertiary/aromatic N) is 1. The second kappa shape index (κ2) is 5.89. The topological polar surface area (TPSA) is 61.8 Å². The van der Waals surface area contributed by atoms with Crippen molar-refractivity contribution in [1.82, 2.24) is 10.2 Å². The molecule has 0 aromatic heterocycles. The second-order valence-electron chi connectivity index (χ2n) is 6.29. The van der Waals surface area contributed by atoms with Gasteiger partial charge in [0.15, 0.2) is 0 Å². The number of hydrogen-bond acceptors (Lipinski definition) is 4. The Bertz CT molecular complexity index is 286. The van der Waals surface area contributed by atoms with E-state index >= 15 is 0 Å². The van der Waals surface area contributed by atoms with Crippen molar-refractivity contribution < 1.29 is 14.6 Å². The summed E-state index contributed by atoms with van der Waals surface area (Å²) in [5.74, 6) is 0.562. The number of aliphatic hydroxyl groups is 1. The molecule has 1 saturated carbocycles. The van der Waals surface area contributed by atoms with Gasteiger partial charge in [0.05, 0.1) is 12.6 Å². The minimum Gasteiger partial charge on any atom is -0.444 e. The molecule has 1 amide bonds. The monoisotopic (exact) mass is 258 g/mol. The summed E-state index contributed by atoms with van der Waals surface area (Å²) < 4.78 is 5.17. The van der Waals surface area contributed by atoms with Crippen molar-refractivity contribution in [1.29, 1.82) is 0 Å². The molecule has 1 fully saturated rings.